The van der Waals surface area contributed by atoms with Gasteiger partial charge in [0.1, 0.15) is 0 Å². The second-order valence-corrected chi connectivity index (χ2v) is 6.08. The summed E-state index contributed by atoms with van der Waals surface area (Å²) in [4.78, 5) is 0. The zero-order chi connectivity index (χ0) is 12.4. The van der Waals surface area contributed by atoms with Crippen LogP contribution in [0.4, 0.5) is 0 Å². The van der Waals surface area contributed by atoms with Gasteiger partial charge in [0.05, 0.1) is 0 Å². The van der Waals surface area contributed by atoms with Crippen LogP contribution < -0.4 is 0 Å². The Bertz CT molecular complexity index is 150. The van der Waals surface area contributed by atoms with Crippen LogP contribution >= 0.6 is 9.24 Å². The van der Waals surface area contributed by atoms with Gasteiger partial charge in [0.15, 0.2) is 0 Å². The van der Waals surface area contributed by atoms with Crippen molar-refractivity contribution in [2.24, 2.45) is 5.41 Å². The van der Waals surface area contributed by atoms with Gasteiger partial charge in [-0.2, -0.15) is 0 Å². The van der Waals surface area contributed by atoms with E-state index in [9.17, 15) is 0 Å². The third-order valence-electron chi connectivity index (χ3n) is 4.34. The van der Waals surface area contributed by atoms with Crippen molar-refractivity contribution in [1.82, 2.24) is 0 Å². The molecule has 1 heteroatoms. The quantitative estimate of drug-likeness (QED) is 0.336. The van der Waals surface area contributed by atoms with E-state index in [4.69, 9.17) is 0 Å². The molecule has 0 N–H and O–H groups in total. The molecule has 0 radical (unpaired) electrons. The van der Waals surface area contributed by atoms with Gasteiger partial charge in [-0.25, -0.2) is 0 Å². The Morgan fingerprint density at radius 3 is 1.88 bits per heavy atom. The fourth-order valence-electron chi connectivity index (χ4n) is 2.76. The highest BCUT2D eigenvalue weighted by Crippen LogP contribution is 2.42. The fourth-order valence-corrected chi connectivity index (χ4v) is 3.64. The summed E-state index contributed by atoms with van der Waals surface area (Å²) in [7, 11) is 3.16. The number of rotatable bonds is 10. The predicted octanol–water partition coefficient (Wildman–Crippen LogP) is 5.81. The van der Waals surface area contributed by atoms with Gasteiger partial charge in [-0.15, -0.1) is 9.24 Å². The Hall–Kier alpha value is 0.430. The second kappa shape index (κ2) is 9.46. The molecule has 0 amide bonds. The molecule has 0 spiro atoms. The van der Waals surface area contributed by atoms with Crippen molar-refractivity contribution in [3.8, 4) is 0 Å². The summed E-state index contributed by atoms with van der Waals surface area (Å²) >= 11 is 0. The fraction of sp³-hybridized carbons (Fsp3) is 1.00. The van der Waals surface area contributed by atoms with Crippen LogP contribution in [0.2, 0.25) is 0 Å². The van der Waals surface area contributed by atoms with Gasteiger partial charge < -0.3 is 0 Å². The lowest BCUT2D eigenvalue weighted by Crippen LogP contribution is -2.30. The van der Waals surface area contributed by atoms with Gasteiger partial charge in [0.25, 0.3) is 0 Å². The molecule has 0 fully saturated rings. The highest BCUT2D eigenvalue weighted by molar-refractivity contribution is 7.17. The van der Waals surface area contributed by atoms with Gasteiger partial charge in [-0.3, -0.25) is 0 Å². The summed E-state index contributed by atoms with van der Waals surface area (Å²) < 4.78 is 0. The van der Waals surface area contributed by atoms with Crippen molar-refractivity contribution in [3.05, 3.63) is 0 Å². The average molecular weight is 244 g/mol. The van der Waals surface area contributed by atoms with Crippen LogP contribution in [0.3, 0.4) is 0 Å². The Labute approximate surface area is 106 Å². The van der Waals surface area contributed by atoms with Crippen molar-refractivity contribution in [1.29, 1.82) is 0 Å². The first-order chi connectivity index (χ1) is 7.66. The highest BCUT2D eigenvalue weighted by atomic mass is 31.0. The zero-order valence-corrected chi connectivity index (χ0v) is 13.2. The molecule has 2 atom stereocenters. The first kappa shape index (κ1) is 16.4. The molecule has 0 aliphatic rings. The maximum atomic E-state index is 3.16. The Morgan fingerprint density at radius 1 is 0.875 bits per heavy atom. The smallest absolute Gasteiger partial charge is 0.0208 e. The topological polar surface area (TPSA) is 0 Å². The molecule has 0 saturated carbocycles. The van der Waals surface area contributed by atoms with Gasteiger partial charge in [-0.05, 0) is 36.8 Å². The molecule has 0 aromatic heterocycles. The summed E-state index contributed by atoms with van der Waals surface area (Å²) in [6.45, 7) is 9.37. The lowest BCUT2D eigenvalue weighted by Gasteiger charge is -2.38. The van der Waals surface area contributed by atoms with E-state index in [0.717, 1.165) is 5.66 Å². The van der Waals surface area contributed by atoms with Crippen molar-refractivity contribution < 1.29 is 0 Å². The molecule has 0 rings (SSSR count). The van der Waals surface area contributed by atoms with E-state index in [1.54, 1.807) is 0 Å². The van der Waals surface area contributed by atoms with E-state index >= 15 is 0 Å². The van der Waals surface area contributed by atoms with Crippen molar-refractivity contribution in [2.75, 3.05) is 0 Å². The Kier molecular flexibility index (Phi) is 9.71. The van der Waals surface area contributed by atoms with Crippen molar-refractivity contribution in [2.45, 2.75) is 91.1 Å². The maximum Gasteiger partial charge on any atom is -0.0208 e. The lowest BCUT2D eigenvalue weighted by molar-refractivity contribution is 0.214. The second-order valence-electron chi connectivity index (χ2n) is 5.28. The summed E-state index contributed by atoms with van der Waals surface area (Å²) in [6, 6.07) is 0. The minimum absolute atomic E-state index is 0.606. The van der Waals surface area contributed by atoms with Gasteiger partial charge >= 0.3 is 0 Å². The van der Waals surface area contributed by atoms with Gasteiger partial charge in [0, 0.05) is 0 Å². The van der Waals surface area contributed by atoms with Crippen LogP contribution in [0.25, 0.3) is 0 Å². The van der Waals surface area contributed by atoms with E-state index in [0.29, 0.717) is 5.41 Å². The summed E-state index contributed by atoms with van der Waals surface area (Å²) in [5.74, 6) is 0. The first-order valence-electron chi connectivity index (χ1n) is 7.42. The normalized spacial score (nSPS) is 14.1. The van der Waals surface area contributed by atoms with E-state index in [-0.39, 0.29) is 0 Å². The summed E-state index contributed by atoms with van der Waals surface area (Å²) in [5, 5.41) is 0. The lowest BCUT2D eigenvalue weighted by atomic mass is 9.73. The highest BCUT2D eigenvalue weighted by Gasteiger charge is 2.31. The number of hydrogen-bond acceptors (Lipinski definition) is 0. The van der Waals surface area contributed by atoms with Crippen LogP contribution in [0.15, 0.2) is 0 Å². The molecular weight excluding hydrogens is 211 g/mol. The largest absolute Gasteiger partial charge is 0.134 e. The van der Waals surface area contributed by atoms with Gasteiger partial charge in [-0.1, -0.05) is 59.8 Å². The molecule has 0 aliphatic heterocycles. The van der Waals surface area contributed by atoms with E-state index in [1.807, 2.05) is 0 Å². The molecular formula is C15H33P. The molecule has 98 valence electrons. The molecule has 0 aromatic rings. The maximum absolute atomic E-state index is 3.16. The van der Waals surface area contributed by atoms with Crippen LogP contribution in [-0.4, -0.2) is 5.66 Å². The Morgan fingerprint density at radius 2 is 1.44 bits per heavy atom. The molecule has 0 aromatic carbocycles. The third kappa shape index (κ3) is 5.17. The van der Waals surface area contributed by atoms with Crippen LogP contribution in [0.5, 0.6) is 0 Å². The molecule has 16 heavy (non-hydrogen) atoms. The molecule has 0 aliphatic carbocycles. The minimum Gasteiger partial charge on any atom is -0.134 e. The standard InChI is InChI=1S/C15H33P/c1-5-9-11-12-14(16)15(7-3,8-4)13-10-6-2/h14H,5-13,16H2,1-4H3. The van der Waals surface area contributed by atoms with Crippen LogP contribution in [0.1, 0.15) is 85.5 Å². The van der Waals surface area contributed by atoms with Crippen molar-refractivity contribution >= 4 is 9.24 Å². The van der Waals surface area contributed by atoms with Crippen molar-refractivity contribution in [3.63, 3.8) is 0 Å². The van der Waals surface area contributed by atoms with Crippen LogP contribution in [0, 0.1) is 5.41 Å². The first-order valence-corrected chi connectivity index (χ1v) is 8.09. The minimum atomic E-state index is 0.606. The summed E-state index contributed by atoms with van der Waals surface area (Å²) in [6.07, 6.45) is 12.4. The molecule has 0 bridgehead atoms. The van der Waals surface area contributed by atoms with Gasteiger partial charge in [0.2, 0.25) is 0 Å². The zero-order valence-electron chi connectivity index (χ0n) is 12.0. The predicted molar refractivity (Wildman–Crippen MR) is 80.2 cm³/mol. The van der Waals surface area contributed by atoms with E-state index in [2.05, 4.69) is 36.9 Å². The monoisotopic (exact) mass is 244 g/mol. The average Bonchev–Trinajstić information content (AvgIpc) is 2.31. The van der Waals surface area contributed by atoms with E-state index < -0.39 is 0 Å². The molecule has 0 saturated heterocycles. The summed E-state index contributed by atoms with van der Waals surface area (Å²) in [5.41, 5.74) is 1.44. The number of hydrogen-bond donors (Lipinski definition) is 0. The van der Waals surface area contributed by atoms with E-state index in [1.165, 1.54) is 57.8 Å². The molecule has 0 heterocycles. The SMILES string of the molecule is CCCCCC(P)C(CC)(CC)CCCC. The molecule has 0 nitrogen and oxygen atoms in total. The van der Waals surface area contributed by atoms with Crippen LogP contribution in [-0.2, 0) is 0 Å². The molecule has 2 unspecified atom stereocenters. The number of unbranched alkanes of at least 4 members (excludes halogenated alkanes) is 3. The third-order valence-corrected chi connectivity index (χ3v) is 5.38. The Balaban J connectivity index is 4.24.